The Morgan fingerprint density at radius 2 is 1.89 bits per heavy atom. The number of halogens is 2. The molecule has 1 N–H and O–H groups in total. The molecule has 1 aliphatic carbocycles. The second-order valence-corrected chi connectivity index (χ2v) is 5.32. The third kappa shape index (κ3) is 2.61. The van der Waals surface area contributed by atoms with Gasteiger partial charge in [0.25, 0.3) is 0 Å². The normalized spacial score (nSPS) is 17.6. The molecule has 98 valence electrons. The van der Waals surface area contributed by atoms with Gasteiger partial charge in [0.2, 0.25) is 0 Å². The highest BCUT2D eigenvalue weighted by Crippen LogP contribution is 2.38. The zero-order valence-corrected chi connectivity index (χ0v) is 10.8. The van der Waals surface area contributed by atoms with Crippen molar-refractivity contribution in [1.29, 1.82) is 0 Å². The van der Waals surface area contributed by atoms with Gasteiger partial charge in [0.1, 0.15) is 11.6 Å². The van der Waals surface area contributed by atoms with E-state index in [-0.39, 0.29) is 5.41 Å². The van der Waals surface area contributed by atoms with Gasteiger partial charge in [0, 0.05) is 24.1 Å². The van der Waals surface area contributed by atoms with Gasteiger partial charge in [-0.15, -0.1) is 0 Å². The highest BCUT2D eigenvalue weighted by atomic mass is 19.1. The minimum atomic E-state index is -0.519. The van der Waals surface area contributed by atoms with E-state index in [9.17, 15) is 8.78 Å². The van der Waals surface area contributed by atoms with Gasteiger partial charge in [-0.05, 0) is 24.5 Å². The molecular weight excluding hydrogens is 232 g/mol. The fourth-order valence-corrected chi connectivity index (χ4v) is 2.48. The summed E-state index contributed by atoms with van der Waals surface area (Å²) in [5.74, 6) is -0.960. The first-order valence-corrected chi connectivity index (χ1v) is 6.37. The number of allylic oxidation sites excluding steroid dienone is 2. The molecule has 0 saturated heterocycles. The molecule has 0 bridgehead atoms. The number of hydrogen-bond donors (Lipinski definition) is 1. The second kappa shape index (κ2) is 5.19. The summed E-state index contributed by atoms with van der Waals surface area (Å²) in [7, 11) is 0. The van der Waals surface area contributed by atoms with E-state index >= 15 is 0 Å². The molecule has 18 heavy (non-hydrogen) atoms. The molecule has 0 aliphatic heterocycles. The molecule has 2 rings (SSSR count). The maximum absolute atomic E-state index is 14.0. The SMILES string of the molecule is CC(C)NCC1(c2ccc(F)cc2F)CC=CC1. The molecule has 0 aromatic heterocycles. The van der Waals surface area contributed by atoms with Crippen LogP contribution in [0, 0.1) is 11.6 Å². The van der Waals surface area contributed by atoms with Crippen LogP contribution in [0.25, 0.3) is 0 Å². The molecule has 0 saturated carbocycles. The lowest BCUT2D eigenvalue weighted by Crippen LogP contribution is -2.39. The van der Waals surface area contributed by atoms with Gasteiger partial charge in [0.05, 0.1) is 0 Å². The van der Waals surface area contributed by atoms with Crippen LogP contribution in [0.3, 0.4) is 0 Å². The van der Waals surface area contributed by atoms with Crippen LogP contribution in [0.15, 0.2) is 30.4 Å². The monoisotopic (exact) mass is 251 g/mol. The predicted octanol–water partition coefficient (Wildman–Crippen LogP) is 3.55. The standard InChI is InChI=1S/C15H19F2N/c1-11(2)18-10-15(7-3-4-8-15)13-6-5-12(16)9-14(13)17/h3-6,9,11,18H,7-8,10H2,1-2H3. The van der Waals surface area contributed by atoms with Crippen molar-refractivity contribution in [2.45, 2.75) is 38.1 Å². The third-order valence-electron chi connectivity index (χ3n) is 3.54. The second-order valence-electron chi connectivity index (χ2n) is 5.32. The Morgan fingerprint density at radius 3 is 2.44 bits per heavy atom. The van der Waals surface area contributed by atoms with Crippen molar-refractivity contribution >= 4 is 0 Å². The molecule has 0 amide bonds. The summed E-state index contributed by atoms with van der Waals surface area (Å²) < 4.78 is 27.0. The van der Waals surface area contributed by atoms with Gasteiger partial charge in [-0.2, -0.15) is 0 Å². The summed E-state index contributed by atoms with van der Waals surface area (Å²) in [6.45, 7) is 4.84. The topological polar surface area (TPSA) is 12.0 Å². The summed E-state index contributed by atoms with van der Waals surface area (Å²) in [4.78, 5) is 0. The molecule has 0 fully saturated rings. The molecule has 0 unspecified atom stereocenters. The van der Waals surface area contributed by atoms with Crippen molar-refractivity contribution in [2.75, 3.05) is 6.54 Å². The summed E-state index contributed by atoms with van der Waals surface area (Å²) in [5.41, 5.74) is 0.351. The average Bonchev–Trinajstić information content (AvgIpc) is 2.76. The van der Waals surface area contributed by atoms with E-state index in [0.717, 1.165) is 18.9 Å². The largest absolute Gasteiger partial charge is 0.314 e. The minimum Gasteiger partial charge on any atom is -0.314 e. The van der Waals surface area contributed by atoms with E-state index in [1.54, 1.807) is 6.07 Å². The van der Waals surface area contributed by atoms with E-state index in [2.05, 4.69) is 31.3 Å². The molecule has 3 heteroatoms. The molecular formula is C15H19F2N. The van der Waals surface area contributed by atoms with Crippen molar-refractivity contribution in [2.24, 2.45) is 0 Å². The van der Waals surface area contributed by atoms with Gasteiger partial charge in [0.15, 0.2) is 0 Å². The van der Waals surface area contributed by atoms with Crippen molar-refractivity contribution in [3.63, 3.8) is 0 Å². The van der Waals surface area contributed by atoms with Crippen LogP contribution >= 0.6 is 0 Å². The van der Waals surface area contributed by atoms with E-state index < -0.39 is 11.6 Å². The summed E-state index contributed by atoms with van der Waals surface area (Å²) in [6, 6.07) is 4.25. The number of rotatable bonds is 4. The minimum absolute atomic E-state index is 0.262. The van der Waals surface area contributed by atoms with Crippen molar-refractivity contribution < 1.29 is 8.78 Å². The molecule has 1 aliphatic rings. The Bertz CT molecular complexity index is 444. The Labute approximate surface area is 107 Å². The van der Waals surface area contributed by atoms with Crippen LogP contribution in [-0.2, 0) is 5.41 Å². The average molecular weight is 251 g/mol. The first-order valence-electron chi connectivity index (χ1n) is 6.37. The number of hydrogen-bond acceptors (Lipinski definition) is 1. The van der Waals surface area contributed by atoms with Crippen LogP contribution in [-0.4, -0.2) is 12.6 Å². The lowest BCUT2D eigenvalue weighted by molar-refractivity contribution is 0.382. The highest BCUT2D eigenvalue weighted by molar-refractivity contribution is 5.32. The van der Waals surface area contributed by atoms with E-state index in [4.69, 9.17) is 0 Å². The smallest absolute Gasteiger partial charge is 0.129 e. The molecule has 0 spiro atoms. The molecule has 0 radical (unpaired) electrons. The van der Waals surface area contributed by atoms with Gasteiger partial charge in [-0.1, -0.05) is 32.1 Å². The predicted molar refractivity (Wildman–Crippen MR) is 69.5 cm³/mol. The summed E-state index contributed by atoms with van der Waals surface area (Å²) in [6.07, 6.45) is 5.75. The Hall–Kier alpha value is -1.22. The molecule has 0 heterocycles. The summed E-state index contributed by atoms with van der Waals surface area (Å²) in [5, 5.41) is 3.37. The van der Waals surface area contributed by atoms with E-state index in [0.29, 0.717) is 18.2 Å². The van der Waals surface area contributed by atoms with Crippen LogP contribution in [0.1, 0.15) is 32.3 Å². The molecule has 1 aromatic carbocycles. The zero-order valence-electron chi connectivity index (χ0n) is 10.8. The quantitative estimate of drug-likeness (QED) is 0.807. The van der Waals surface area contributed by atoms with Crippen molar-refractivity contribution in [3.05, 3.63) is 47.5 Å². The Balaban J connectivity index is 2.29. The van der Waals surface area contributed by atoms with Crippen LogP contribution in [0.5, 0.6) is 0 Å². The van der Waals surface area contributed by atoms with Crippen LogP contribution < -0.4 is 5.32 Å². The number of nitrogens with one attached hydrogen (secondary N) is 1. The van der Waals surface area contributed by atoms with E-state index in [1.807, 2.05) is 0 Å². The van der Waals surface area contributed by atoms with Crippen LogP contribution in [0.2, 0.25) is 0 Å². The van der Waals surface area contributed by atoms with Crippen molar-refractivity contribution in [1.82, 2.24) is 5.32 Å². The summed E-state index contributed by atoms with van der Waals surface area (Å²) >= 11 is 0. The van der Waals surface area contributed by atoms with E-state index in [1.165, 1.54) is 6.07 Å². The lowest BCUT2D eigenvalue weighted by Gasteiger charge is -2.31. The van der Waals surface area contributed by atoms with Gasteiger partial charge >= 0.3 is 0 Å². The lowest BCUT2D eigenvalue weighted by atomic mass is 9.77. The number of benzene rings is 1. The maximum Gasteiger partial charge on any atom is 0.129 e. The third-order valence-corrected chi connectivity index (χ3v) is 3.54. The molecule has 1 nitrogen and oxygen atoms in total. The highest BCUT2D eigenvalue weighted by Gasteiger charge is 2.35. The Kier molecular flexibility index (Phi) is 3.81. The molecule has 1 aromatic rings. The first-order chi connectivity index (χ1) is 8.53. The van der Waals surface area contributed by atoms with Crippen molar-refractivity contribution in [3.8, 4) is 0 Å². The van der Waals surface area contributed by atoms with Crippen LogP contribution in [0.4, 0.5) is 8.78 Å². The maximum atomic E-state index is 14.0. The molecule has 0 atom stereocenters. The van der Waals surface area contributed by atoms with Gasteiger partial charge in [-0.3, -0.25) is 0 Å². The first kappa shape index (κ1) is 13.2. The fraction of sp³-hybridized carbons (Fsp3) is 0.467. The fourth-order valence-electron chi connectivity index (χ4n) is 2.48. The van der Waals surface area contributed by atoms with Gasteiger partial charge < -0.3 is 5.32 Å². The zero-order chi connectivity index (χ0) is 13.2. The van der Waals surface area contributed by atoms with Gasteiger partial charge in [-0.25, -0.2) is 8.78 Å². The Morgan fingerprint density at radius 1 is 1.22 bits per heavy atom.